The lowest BCUT2D eigenvalue weighted by atomic mass is 10.0. The van der Waals surface area contributed by atoms with Gasteiger partial charge in [0.25, 0.3) is 5.91 Å². The van der Waals surface area contributed by atoms with Crippen LogP contribution in [0, 0.1) is 17.1 Å². The average Bonchev–Trinajstić information content (AvgIpc) is 2.74. The molecular formula is C23H16ClFN2O3. The van der Waals surface area contributed by atoms with E-state index in [0.717, 1.165) is 23.3 Å². The van der Waals surface area contributed by atoms with Crippen LogP contribution in [0.1, 0.15) is 22.3 Å². The minimum Gasteiger partial charge on any atom is -0.426 e. The molecule has 0 aliphatic carbocycles. The largest absolute Gasteiger partial charge is 0.426 e. The number of carbonyl (C=O) groups is 2. The SMILES string of the molecule is N#Cc1ccc(-c2ccc(OC(=O)CCNC(=O)c3ccc(F)cc3Cl)cc2)cc1. The molecule has 0 saturated heterocycles. The van der Waals surface area contributed by atoms with Crippen LogP contribution >= 0.6 is 11.6 Å². The molecule has 30 heavy (non-hydrogen) atoms. The number of nitrogens with one attached hydrogen (secondary N) is 1. The monoisotopic (exact) mass is 422 g/mol. The predicted octanol–water partition coefficient (Wildman–Crippen LogP) is 4.74. The second kappa shape index (κ2) is 9.68. The van der Waals surface area contributed by atoms with E-state index in [1.807, 2.05) is 24.3 Å². The molecule has 0 aliphatic heterocycles. The number of ether oxygens (including phenoxy) is 1. The Bertz CT molecular complexity index is 1110. The fraction of sp³-hybridized carbons (Fsp3) is 0.0870. The highest BCUT2D eigenvalue weighted by Crippen LogP contribution is 2.23. The number of nitrogens with zero attached hydrogens (tertiary/aromatic N) is 1. The van der Waals surface area contributed by atoms with Crippen molar-refractivity contribution in [2.45, 2.75) is 6.42 Å². The molecule has 0 aromatic heterocycles. The highest BCUT2D eigenvalue weighted by atomic mass is 35.5. The Morgan fingerprint density at radius 3 is 2.23 bits per heavy atom. The first-order valence-corrected chi connectivity index (χ1v) is 9.38. The van der Waals surface area contributed by atoms with Gasteiger partial charge in [0.05, 0.1) is 28.6 Å². The third kappa shape index (κ3) is 5.43. The molecule has 0 bridgehead atoms. The van der Waals surface area contributed by atoms with Crippen LogP contribution in [0.3, 0.4) is 0 Å². The maximum absolute atomic E-state index is 13.0. The number of benzene rings is 3. The molecule has 5 nitrogen and oxygen atoms in total. The Kier molecular flexibility index (Phi) is 6.79. The molecule has 0 spiro atoms. The van der Waals surface area contributed by atoms with Gasteiger partial charge in [-0.2, -0.15) is 5.26 Å². The second-order valence-corrected chi connectivity index (χ2v) is 6.72. The van der Waals surface area contributed by atoms with Gasteiger partial charge in [0, 0.05) is 6.54 Å². The van der Waals surface area contributed by atoms with E-state index in [0.29, 0.717) is 11.3 Å². The Hall–Kier alpha value is -3.69. The van der Waals surface area contributed by atoms with E-state index in [-0.39, 0.29) is 23.6 Å². The molecule has 0 radical (unpaired) electrons. The minimum atomic E-state index is -0.537. The lowest BCUT2D eigenvalue weighted by Gasteiger charge is -2.08. The van der Waals surface area contributed by atoms with Crippen LogP contribution in [-0.2, 0) is 4.79 Å². The topological polar surface area (TPSA) is 79.2 Å². The Balaban J connectivity index is 1.50. The normalized spacial score (nSPS) is 10.2. The Morgan fingerprint density at radius 1 is 1.00 bits per heavy atom. The number of hydrogen-bond donors (Lipinski definition) is 1. The fourth-order valence-corrected chi connectivity index (χ4v) is 2.94. The van der Waals surface area contributed by atoms with E-state index in [1.54, 1.807) is 24.3 Å². The van der Waals surface area contributed by atoms with Crippen LogP contribution in [0.5, 0.6) is 5.75 Å². The molecule has 3 aromatic rings. The van der Waals surface area contributed by atoms with Gasteiger partial charge in [-0.15, -0.1) is 0 Å². The summed E-state index contributed by atoms with van der Waals surface area (Å²) in [4.78, 5) is 24.0. The third-order valence-corrected chi connectivity index (χ3v) is 4.54. The summed E-state index contributed by atoms with van der Waals surface area (Å²) in [5, 5.41) is 11.4. The van der Waals surface area contributed by atoms with E-state index < -0.39 is 17.7 Å². The molecular weight excluding hydrogens is 407 g/mol. The van der Waals surface area contributed by atoms with Crippen LogP contribution in [0.25, 0.3) is 11.1 Å². The molecule has 0 atom stereocenters. The van der Waals surface area contributed by atoms with Crippen molar-refractivity contribution in [3.8, 4) is 22.9 Å². The number of esters is 1. The van der Waals surface area contributed by atoms with Gasteiger partial charge in [-0.25, -0.2) is 4.39 Å². The summed E-state index contributed by atoms with van der Waals surface area (Å²) in [6, 6.07) is 19.6. The summed E-state index contributed by atoms with van der Waals surface area (Å²) in [7, 11) is 0. The van der Waals surface area contributed by atoms with E-state index in [1.165, 1.54) is 6.07 Å². The maximum atomic E-state index is 13.0. The van der Waals surface area contributed by atoms with Gasteiger partial charge in [-0.05, 0) is 53.6 Å². The standard InChI is InChI=1S/C23H16ClFN2O3/c24-21-13-18(25)7-10-20(21)23(29)27-12-11-22(28)30-19-8-5-17(6-9-19)16-3-1-15(14-26)2-4-16/h1-10,13H,11-12H2,(H,27,29). The van der Waals surface area contributed by atoms with Crippen molar-refractivity contribution in [3.63, 3.8) is 0 Å². The molecule has 0 saturated carbocycles. The summed E-state index contributed by atoms with van der Waals surface area (Å²) < 4.78 is 18.3. The first-order valence-electron chi connectivity index (χ1n) is 9.01. The molecule has 0 unspecified atom stereocenters. The average molecular weight is 423 g/mol. The molecule has 7 heteroatoms. The second-order valence-electron chi connectivity index (χ2n) is 6.32. The van der Waals surface area contributed by atoms with E-state index in [2.05, 4.69) is 11.4 Å². The first-order chi connectivity index (χ1) is 14.5. The maximum Gasteiger partial charge on any atom is 0.312 e. The van der Waals surface area contributed by atoms with Crippen molar-refractivity contribution in [1.29, 1.82) is 5.26 Å². The van der Waals surface area contributed by atoms with Gasteiger partial charge in [-0.1, -0.05) is 35.9 Å². The van der Waals surface area contributed by atoms with Crippen LogP contribution in [0.4, 0.5) is 4.39 Å². The smallest absolute Gasteiger partial charge is 0.312 e. The van der Waals surface area contributed by atoms with Crippen molar-refractivity contribution in [2.24, 2.45) is 0 Å². The molecule has 1 amide bonds. The van der Waals surface area contributed by atoms with E-state index in [4.69, 9.17) is 21.6 Å². The zero-order valence-corrected chi connectivity index (χ0v) is 16.4. The van der Waals surface area contributed by atoms with Crippen molar-refractivity contribution >= 4 is 23.5 Å². The number of amides is 1. The number of hydrogen-bond acceptors (Lipinski definition) is 4. The van der Waals surface area contributed by atoms with Crippen molar-refractivity contribution in [2.75, 3.05) is 6.54 Å². The zero-order chi connectivity index (χ0) is 21.5. The molecule has 3 aromatic carbocycles. The lowest BCUT2D eigenvalue weighted by Crippen LogP contribution is -2.27. The molecule has 0 aliphatic rings. The number of halogens is 2. The number of nitriles is 1. The molecule has 3 rings (SSSR count). The van der Waals surface area contributed by atoms with Gasteiger partial charge in [0.15, 0.2) is 0 Å². The first kappa shape index (κ1) is 21.0. The fourth-order valence-electron chi connectivity index (χ4n) is 2.68. The Labute approximate surface area is 177 Å². The van der Waals surface area contributed by atoms with Crippen LogP contribution < -0.4 is 10.1 Å². The predicted molar refractivity (Wildman–Crippen MR) is 111 cm³/mol. The quantitative estimate of drug-likeness (QED) is 0.459. The van der Waals surface area contributed by atoms with Gasteiger partial charge in [-0.3, -0.25) is 9.59 Å². The molecule has 0 fully saturated rings. The van der Waals surface area contributed by atoms with Gasteiger partial charge >= 0.3 is 5.97 Å². The molecule has 0 heterocycles. The summed E-state index contributed by atoms with van der Waals surface area (Å²) >= 11 is 5.84. The summed E-state index contributed by atoms with van der Waals surface area (Å²) in [6.07, 6.45) is -0.0398. The highest BCUT2D eigenvalue weighted by molar-refractivity contribution is 6.33. The van der Waals surface area contributed by atoms with Crippen LogP contribution in [0.2, 0.25) is 5.02 Å². The summed E-state index contributed by atoms with van der Waals surface area (Å²) in [5.74, 6) is -1.16. The lowest BCUT2D eigenvalue weighted by molar-refractivity contribution is -0.134. The number of carbonyl (C=O) groups excluding carboxylic acids is 2. The molecule has 1 N–H and O–H groups in total. The summed E-state index contributed by atoms with van der Waals surface area (Å²) in [6.45, 7) is 0.0503. The van der Waals surface area contributed by atoms with Crippen molar-refractivity contribution in [3.05, 3.63) is 88.7 Å². The van der Waals surface area contributed by atoms with Crippen molar-refractivity contribution < 1.29 is 18.7 Å². The van der Waals surface area contributed by atoms with Crippen LogP contribution in [0.15, 0.2) is 66.7 Å². The van der Waals surface area contributed by atoms with E-state index >= 15 is 0 Å². The minimum absolute atomic E-state index is 0.00238. The number of rotatable bonds is 6. The third-order valence-electron chi connectivity index (χ3n) is 4.22. The Morgan fingerprint density at radius 2 is 1.63 bits per heavy atom. The van der Waals surface area contributed by atoms with Gasteiger partial charge in [0.1, 0.15) is 11.6 Å². The summed E-state index contributed by atoms with van der Waals surface area (Å²) in [5.41, 5.74) is 2.57. The van der Waals surface area contributed by atoms with E-state index in [9.17, 15) is 14.0 Å². The molecule has 150 valence electrons. The highest BCUT2D eigenvalue weighted by Gasteiger charge is 2.12. The van der Waals surface area contributed by atoms with Gasteiger partial charge < -0.3 is 10.1 Å². The van der Waals surface area contributed by atoms with Crippen LogP contribution in [-0.4, -0.2) is 18.4 Å². The zero-order valence-electron chi connectivity index (χ0n) is 15.7. The van der Waals surface area contributed by atoms with Gasteiger partial charge in [0.2, 0.25) is 0 Å². The van der Waals surface area contributed by atoms with Crippen molar-refractivity contribution in [1.82, 2.24) is 5.32 Å².